The van der Waals surface area contributed by atoms with E-state index in [2.05, 4.69) is 0 Å². The molecule has 0 bridgehead atoms. The number of hydrogen-bond donors (Lipinski definition) is 0. The lowest BCUT2D eigenvalue weighted by molar-refractivity contribution is -0.126. The van der Waals surface area contributed by atoms with Gasteiger partial charge in [0.1, 0.15) is 11.7 Å². The number of imide groups is 1. The number of benzene rings is 3. The predicted molar refractivity (Wildman–Crippen MR) is 110 cm³/mol. The van der Waals surface area contributed by atoms with Gasteiger partial charge < -0.3 is 0 Å². The minimum absolute atomic E-state index is 0.293. The highest BCUT2D eigenvalue weighted by atomic mass is 35.5. The summed E-state index contributed by atoms with van der Waals surface area (Å²) in [6.07, 6.45) is -1.03. The SMILES string of the molecule is O=C1[C@@H]2[C@@H](ON(c3ccccc3)[C@H]2c2cccc(F)c2)C(=O)N1c1ccccc1Cl. The summed E-state index contributed by atoms with van der Waals surface area (Å²) in [5, 5.41) is 1.82. The lowest BCUT2D eigenvalue weighted by Crippen LogP contribution is -2.37. The summed E-state index contributed by atoms with van der Waals surface area (Å²) in [5.41, 5.74) is 1.54. The third-order valence-electron chi connectivity index (χ3n) is 5.41. The number of fused-ring (bicyclic) bond motifs is 1. The summed E-state index contributed by atoms with van der Waals surface area (Å²) >= 11 is 6.24. The summed E-state index contributed by atoms with van der Waals surface area (Å²) < 4.78 is 14.0. The number of carbonyl (C=O) groups excluding carboxylic acids is 2. The van der Waals surface area contributed by atoms with Crippen molar-refractivity contribution in [3.63, 3.8) is 0 Å². The maximum atomic E-state index is 14.0. The van der Waals surface area contributed by atoms with Gasteiger partial charge in [-0.15, -0.1) is 0 Å². The van der Waals surface area contributed by atoms with E-state index in [4.69, 9.17) is 16.4 Å². The molecule has 3 aromatic carbocycles. The topological polar surface area (TPSA) is 49.9 Å². The fourth-order valence-corrected chi connectivity index (χ4v) is 4.33. The predicted octanol–water partition coefficient (Wildman–Crippen LogP) is 4.53. The Morgan fingerprint density at radius 1 is 0.867 bits per heavy atom. The third kappa shape index (κ3) is 2.88. The molecule has 5 rings (SSSR count). The number of amides is 2. The molecule has 2 aliphatic rings. The Balaban J connectivity index is 1.61. The molecular formula is C23H16ClFN2O3. The molecule has 0 N–H and O–H groups in total. The van der Waals surface area contributed by atoms with Gasteiger partial charge >= 0.3 is 0 Å². The van der Waals surface area contributed by atoms with Crippen molar-refractivity contribution < 1.29 is 18.8 Å². The lowest BCUT2D eigenvalue weighted by atomic mass is 9.90. The molecule has 7 heteroatoms. The van der Waals surface area contributed by atoms with Crippen molar-refractivity contribution in [3.05, 3.63) is 95.3 Å². The molecule has 2 aliphatic heterocycles. The van der Waals surface area contributed by atoms with Gasteiger partial charge in [0.15, 0.2) is 6.10 Å². The van der Waals surface area contributed by atoms with Crippen LogP contribution in [0.5, 0.6) is 0 Å². The quantitative estimate of drug-likeness (QED) is 0.582. The number of carbonyl (C=O) groups is 2. The molecule has 3 atom stereocenters. The molecule has 0 aromatic heterocycles. The summed E-state index contributed by atoms with van der Waals surface area (Å²) in [6, 6.07) is 21.1. The van der Waals surface area contributed by atoms with Gasteiger partial charge in [-0.3, -0.25) is 14.4 Å². The number of hydrogen-bond acceptors (Lipinski definition) is 4. The molecule has 2 fully saturated rings. The summed E-state index contributed by atoms with van der Waals surface area (Å²) in [5.74, 6) is -2.18. The first-order chi connectivity index (χ1) is 14.6. The van der Waals surface area contributed by atoms with Gasteiger partial charge in [-0.2, -0.15) is 0 Å². The second-order valence-corrected chi connectivity index (χ2v) is 7.58. The van der Waals surface area contributed by atoms with Crippen molar-refractivity contribution in [2.75, 3.05) is 9.96 Å². The zero-order valence-corrected chi connectivity index (χ0v) is 16.4. The Kier molecular flexibility index (Phi) is 4.53. The van der Waals surface area contributed by atoms with Crippen molar-refractivity contribution in [3.8, 4) is 0 Å². The van der Waals surface area contributed by atoms with Gasteiger partial charge in [0.25, 0.3) is 5.91 Å². The van der Waals surface area contributed by atoms with Crippen LogP contribution in [0.15, 0.2) is 78.9 Å². The van der Waals surface area contributed by atoms with Crippen molar-refractivity contribution >= 4 is 34.8 Å². The van der Waals surface area contributed by atoms with E-state index in [-0.39, 0.29) is 0 Å². The molecule has 0 spiro atoms. The van der Waals surface area contributed by atoms with Gasteiger partial charge in [0.2, 0.25) is 5.91 Å². The molecule has 3 aromatic rings. The van der Waals surface area contributed by atoms with Crippen LogP contribution in [0.4, 0.5) is 15.8 Å². The molecule has 0 unspecified atom stereocenters. The lowest BCUT2D eigenvalue weighted by Gasteiger charge is -2.29. The first kappa shape index (κ1) is 18.8. The summed E-state index contributed by atoms with van der Waals surface area (Å²) in [7, 11) is 0. The third-order valence-corrected chi connectivity index (χ3v) is 5.73. The number of halogens is 2. The van der Waals surface area contributed by atoms with Crippen LogP contribution in [0.2, 0.25) is 5.02 Å². The van der Waals surface area contributed by atoms with E-state index in [1.54, 1.807) is 36.4 Å². The van der Waals surface area contributed by atoms with E-state index in [0.29, 0.717) is 22.0 Å². The van der Waals surface area contributed by atoms with E-state index in [1.807, 2.05) is 30.3 Å². The van der Waals surface area contributed by atoms with E-state index in [9.17, 15) is 14.0 Å². The number of anilines is 2. The highest BCUT2D eigenvalue weighted by Gasteiger charge is 2.60. The number of para-hydroxylation sites is 2. The van der Waals surface area contributed by atoms with Gasteiger partial charge in [0, 0.05) is 0 Å². The van der Waals surface area contributed by atoms with Crippen LogP contribution in [-0.2, 0) is 14.4 Å². The molecule has 0 saturated carbocycles. The molecule has 0 radical (unpaired) electrons. The number of hydroxylamine groups is 1. The summed E-state index contributed by atoms with van der Waals surface area (Å²) in [4.78, 5) is 33.7. The molecule has 2 saturated heterocycles. The van der Waals surface area contributed by atoms with Crippen molar-refractivity contribution in [1.82, 2.24) is 0 Å². The normalized spacial score (nSPS) is 23.2. The zero-order valence-electron chi connectivity index (χ0n) is 15.6. The molecule has 0 aliphatic carbocycles. The van der Waals surface area contributed by atoms with Crippen LogP contribution in [0.25, 0.3) is 0 Å². The average Bonchev–Trinajstić information content (AvgIpc) is 3.26. The maximum Gasteiger partial charge on any atom is 0.266 e. The molecule has 30 heavy (non-hydrogen) atoms. The molecule has 2 heterocycles. The van der Waals surface area contributed by atoms with E-state index < -0.39 is 35.7 Å². The average molecular weight is 423 g/mol. The van der Waals surface area contributed by atoms with Crippen LogP contribution < -0.4 is 9.96 Å². The molecule has 5 nitrogen and oxygen atoms in total. The van der Waals surface area contributed by atoms with Crippen LogP contribution in [0.1, 0.15) is 11.6 Å². The first-order valence-electron chi connectivity index (χ1n) is 9.45. The fourth-order valence-electron chi connectivity index (χ4n) is 4.11. The largest absolute Gasteiger partial charge is 0.273 e. The van der Waals surface area contributed by atoms with Crippen LogP contribution in [-0.4, -0.2) is 17.9 Å². The highest BCUT2D eigenvalue weighted by Crippen LogP contribution is 2.48. The number of rotatable bonds is 3. The van der Waals surface area contributed by atoms with E-state index >= 15 is 0 Å². The number of nitrogens with zero attached hydrogens (tertiary/aromatic N) is 2. The van der Waals surface area contributed by atoms with Crippen LogP contribution in [0.3, 0.4) is 0 Å². The van der Waals surface area contributed by atoms with Crippen LogP contribution >= 0.6 is 11.6 Å². The van der Waals surface area contributed by atoms with Gasteiger partial charge in [0.05, 0.1) is 22.4 Å². The smallest absolute Gasteiger partial charge is 0.266 e. The van der Waals surface area contributed by atoms with Crippen molar-refractivity contribution in [1.29, 1.82) is 0 Å². The second kappa shape index (κ2) is 7.23. The highest BCUT2D eigenvalue weighted by molar-refractivity contribution is 6.36. The first-order valence-corrected chi connectivity index (χ1v) is 9.83. The summed E-state index contributed by atoms with van der Waals surface area (Å²) in [6.45, 7) is 0. The second-order valence-electron chi connectivity index (χ2n) is 7.18. The minimum Gasteiger partial charge on any atom is -0.273 e. The maximum absolute atomic E-state index is 14.0. The van der Waals surface area contributed by atoms with Gasteiger partial charge in [-0.25, -0.2) is 14.4 Å². The van der Waals surface area contributed by atoms with Gasteiger partial charge in [-0.05, 0) is 42.0 Å². The molecular weight excluding hydrogens is 407 g/mol. The van der Waals surface area contributed by atoms with Crippen molar-refractivity contribution in [2.45, 2.75) is 12.1 Å². The van der Waals surface area contributed by atoms with Crippen LogP contribution in [0, 0.1) is 11.7 Å². The Morgan fingerprint density at radius 3 is 2.33 bits per heavy atom. The zero-order chi connectivity index (χ0) is 20.8. The Bertz CT molecular complexity index is 1140. The molecule has 150 valence electrons. The van der Waals surface area contributed by atoms with E-state index in [0.717, 1.165) is 4.90 Å². The van der Waals surface area contributed by atoms with Crippen molar-refractivity contribution in [2.24, 2.45) is 5.92 Å². The standard InChI is InChI=1S/C23H16ClFN2O3/c24-17-11-4-5-12-18(17)26-22(28)19-20(14-7-6-8-15(25)13-14)27(30-21(19)23(26)29)16-9-2-1-3-10-16/h1-13,19-21H/t19-,20-,21+/m0/s1. The van der Waals surface area contributed by atoms with Gasteiger partial charge in [-0.1, -0.05) is 54.1 Å². The molecule has 2 amide bonds. The van der Waals surface area contributed by atoms with E-state index in [1.165, 1.54) is 17.2 Å². The Morgan fingerprint density at radius 2 is 1.60 bits per heavy atom. The minimum atomic E-state index is -1.03. The fraction of sp³-hybridized carbons (Fsp3) is 0.130. The Hall–Kier alpha value is -3.22. The Labute approximate surface area is 177 Å². The monoisotopic (exact) mass is 422 g/mol.